The SMILES string of the molecule is C=C1Oc2cc(C3(CCCCCC)CC3)cc(O)c2[C@H]2C=C(CO)CC[C@H]12. The molecule has 3 heteroatoms. The number of benzene rings is 1. The second kappa shape index (κ2) is 7.35. The molecule has 1 fully saturated rings. The molecule has 1 aromatic carbocycles. The summed E-state index contributed by atoms with van der Waals surface area (Å²) < 4.78 is 6.11. The van der Waals surface area contributed by atoms with Crippen LogP contribution in [0.1, 0.15) is 81.8 Å². The van der Waals surface area contributed by atoms with Crippen LogP contribution in [-0.4, -0.2) is 16.8 Å². The predicted molar refractivity (Wildman–Crippen MR) is 108 cm³/mol. The molecule has 0 aromatic heterocycles. The summed E-state index contributed by atoms with van der Waals surface area (Å²) in [6.07, 6.45) is 12.6. The van der Waals surface area contributed by atoms with Crippen LogP contribution >= 0.6 is 0 Å². The largest absolute Gasteiger partial charge is 0.507 e. The molecule has 27 heavy (non-hydrogen) atoms. The van der Waals surface area contributed by atoms with E-state index in [1.807, 2.05) is 6.07 Å². The second-order valence-electron chi connectivity index (χ2n) is 8.72. The summed E-state index contributed by atoms with van der Waals surface area (Å²) in [4.78, 5) is 0. The van der Waals surface area contributed by atoms with Gasteiger partial charge in [-0.2, -0.15) is 0 Å². The Kier molecular flexibility index (Phi) is 5.07. The van der Waals surface area contributed by atoms with Gasteiger partial charge in [-0.3, -0.25) is 0 Å². The van der Waals surface area contributed by atoms with Crippen molar-refractivity contribution in [3.8, 4) is 11.5 Å². The Balaban J connectivity index is 1.64. The van der Waals surface area contributed by atoms with Crippen LogP contribution in [0, 0.1) is 5.92 Å². The van der Waals surface area contributed by atoms with Gasteiger partial charge in [0.1, 0.15) is 17.3 Å². The van der Waals surface area contributed by atoms with Gasteiger partial charge < -0.3 is 14.9 Å². The molecule has 2 atom stereocenters. The Morgan fingerprint density at radius 1 is 1.22 bits per heavy atom. The summed E-state index contributed by atoms with van der Waals surface area (Å²) in [5, 5.41) is 20.5. The third kappa shape index (κ3) is 3.42. The summed E-state index contributed by atoms with van der Waals surface area (Å²) in [5.74, 6) is 2.16. The van der Waals surface area contributed by atoms with Crippen molar-refractivity contribution in [1.82, 2.24) is 0 Å². The Morgan fingerprint density at radius 3 is 2.74 bits per heavy atom. The van der Waals surface area contributed by atoms with Gasteiger partial charge in [-0.05, 0) is 60.8 Å². The number of phenolic OH excluding ortho intramolecular Hbond substituents is 1. The Bertz CT molecular complexity index is 757. The minimum atomic E-state index is 0.0610. The van der Waals surface area contributed by atoms with E-state index < -0.39 is 0 Å². The number of ether oxygens (including phenoxy) is 1. The van der Waals surface area contributed by atoms with Gasteiger partial charge in [0.15, 0.2) is 0 Å². The lowest BCUT2D eigenvalue weighted by molar-refractivity contribution is 0.262. The van der Waals surface area contributed by atoms with Crippen LogP contribution in [0.4, 0.5) is 0 Å². The molecular formula is C24H32O3. The van der Waals surface area contributed by atoms with Crippen LogP contribution < -0.4 is 4.74 Å². The molecule has 1 aromatic rings. The highest BCUT2D eigenvalue weighted by Crippen LogP contribution is 2.57. The first-order valence-electron chi connectivity index (χ1n) is 10.6. The molecule has 3 nitrogen and oxygen atoms in total. The number of aliphatic hydroxyl groups is 1. The summed E-state index contributed by atoms with van der Waals surface area (Å²) >= 11 is 0. The van der Waals surface area contributed by atoms with Crippen molar-refractivity contribution >= 4 is 0 Å². The minimum absolute atomic E-state index is 0.0610. The number of unbranched alkanes of at least 4 members (excludes halogenated alkanes) is 3. The molecule has 4 rings (SSSR count). The highest BCUT2D eigenvalue weighted by Gasteiger charge is 2.45. The number of hydrogen-bond donors (Lipinski definition) is 2. The number of allylic oxidation sites excluding steroid dienone is 2. The lowest BCUT2D eigenvalue weighted by atomic mass is 9.73. The van der Waals surface area contributed by atoms with Gasteiger partial charge in [0.2, 0.25) is 0 Å². The average Bonchev–Trinajstić information content (AvgIpc) is 3.45. The van der Waals surface area contributed by atoms with E-state index in [9.17, 15) is 10.2 Å². The lowest BCUT2D eigenvalue weighted by Gasteiger charge is -2.37. The third-order valence-electron chi connectivity index (χ3n) is 6.91. The van der Waals surface area contributed by atoms with Gasteiger partial charge in [-0.15, -0.1) is 0 Å². The molecule has 1 saturated carbocycles. The summed E-state index contributed by atoms with van der Waals surface area (Å²) in [7, 11) is 0. The van der Waals surface area contributed by atoms with Gasteiger partial charge in [-0.25, -0.2) is 0 Å². The molecule has 0 spiro atoms. The van der Waals surface area contributed by atoms with Crippen molar-refractivity contribution in [1.29, 1.82) is 0 Å². The average molecular weight is 369 g/mol. The molecule has 3 aliphatic rings. The first-order valence-corrected chi connectivity index (χ1v) is 10.6. The van der Waals surface area contributed by atoms with E-state index in [-0.39, 0.29) is 23.9 Å². The van der Waals surface area contributed by atoms with Gasteiger partial charge in [0.05, 0.1) is 6.61 Å². The van der Waals surface area contributed by atoms with E-state index in [4.69, 9.17) is 4.74 Å². The number of phenols is 1. The molecule has 0 bridgehead atoms. The fourth-order valence-electron chi connectivity index (χ4n) is 5.03. The smallest absolute Gasteiger partial charge is 0.134 e. The normalized spacial score (nSPS) is 25.3. The number of hydrogen-bond acceptors (Lipinski definition) is 3. The molecule has 2 aliphatic carbocycles. The van der Waals surface area contributed by atoms with Crippen molar-refractivity contribution in [3.63, 3.8) is 0 Å². The highest BCUT2D eigenvalue weighted by atomic mass is 16.5. The molecule has 0 radical (unpaired) electrons. The second-order valence-corrected chi connectivity index (χ2v) is 8.72. The molecule has 146 valence electrons. The number of rotatable bonds is 7. The topological polar surface area (TPSA) is 49.7 Å². The van der Waals surface area contributed by atoms with E-state index in [0.717, 1.165) is 35.5 Å². The number of fused-ring (bicyclic) bond motifs is 3. The van der Waals surface area contributed by atoms with Crippen LogP contribution in [-0.2, 0) is 5.41 Å². The first-order chi connectivity index (χ1) is 13.1. The third-order valence-corrected chi connectivity index (χ3v) is 6.91. The standard InChI is InChI=1S/C24H32O3/c1-3-4-5-6-9-24(10-11-24)18-13-21(26)23-20-12-17(15-25)7-8-19(20)16(2)27-22(23)14-18/h12-14,19-20,25-26H,2-11,15H2,1H3/t19-,20+/m1/s1. The van der Waals surface area contributed by atoms with Gasteiger partial charge in [0, 0.05) is 17.4 Å². The summed E-state index contributed by atoms with van der Waals surface area (Å²) in [5.41, 5.74) is 3.39. The lowest BCUT2D eigenvalue weighted by Crippen LogP contribution is -2.26. The summed E-state index contributed by atoms with van der Waals surface area (Å²) in [6, 6.07) is 4.14. The fraction of sp³-hybridized carbons (Fsp3) is 0.583. The zero-order valence-electron chi connectivity index (χ0n) is 16.5. The molecule has 0 saturated heterocycles. The Morgan fingerprint density at radius 2 is 2.04 bits per heavy atom. The zero-order chi connectivity index (χ0) is 19.0. The van der Waals surface area contributed by atoms with Crippen LogP contribution in [0.25, 0.3) is 0 Å². The quantitative estimate of drug-likeness (QED) is 0.478. The van der Waals surface area contributed by atoms with Crippen molar-refractivity contribution < 1.29 is 14.9 Å². The molecule has 0 amide bonds. The first kappa shape index (κ1) is 18.6. The fourth-order valence-corrected chi connectivity index (χ4v) is 5.03. The van der Waals surface area contributed by atoms with Gasteiger partial charge in [-0.1, -0.05) is 45.3 Å². The van der Waals surface area contributed by atoms with E-state index in [1.165, 1.54) is 50.5 Å². The number of aromatic hydroxyl groups is 1. The minimum Gasteiger partial charge on any atom is -0.507 e. The zero-order valence-corrected chi connectivity index (χ0v) is 16.5. The van der Waals surface area contributed by atoms with Crippen LogP contribution in [0.2, 0.25) is 0 Å². The molecule has 1 aliphatic heterocycles. The van der Waals surface area contributed by atoms with Gasteiger partial charge in [0.25, 0.3) is 0 Å². The van der Waals surface area contributed by atoms with E-state index in [1.54, 1.807) is 0 Å². The predicted octanol–water partition coefficient (Wildman–Crippen LogP) is 5.71. The summed E-state index contributed by atoms with van der Waals surface area (Å²) in [6.45, 7) is 6.49. The number of aliphatic hydroxyl groups excluding tert-OH is 1. The van der Waals surface area contributed by atoms with E-state index in [0.29, 0.717) is 5.75 Å². The van der Waals surface area contributed by atoms with Crippen molar-refractivity contribution in [2.45, 2.75) is 76.0 Å². The highest BCUT2D eigenvalue weighted by molar-refractivity contribution is 5.56. The molecule has 1 heterocycles. The van der Waals surface area contributed by atoms with Crippen LogP contribution in [0.5, 0.6) is 11.5 Å². The maximum atomic E-state index is 10.9. The maximum Gasteiger partial charge on any atom is 0.134 e. The monoisotopic (exact) mass is 368 g/mol. The Hall–Kier alpha value is -1.74. The molecule has 0 unspecified atom stereocenters. The van der Waals surface area contributed by atoms with Crippen molar-refractivity contribution in [2.24, 2.45) is 5.92 Å². The van der Waals surface area contributed by atoms with E-state index >= 15 is 0 Å². The van der Waals surface area contributed by atoms with E-state index in [2.05, 4.69) is 25.6 Å². The molecular weight excluding hydrogens is 336 g/mol. The van der Waals surface area contributed by atoms with Gasteiger partial charge >= 0.3 is 0 Å². The maximum absolute atomic E-state index is 10.9. The van der Waals surface area contributed by atoms with Crippen LogP contribution in [0.3, 0.4) is 0 Å². The molecule has 2 N–H and O–H groups in total. The van der Waals surface area contributed by atoms with Crippen molar-refractivity contribution in [2.75, 3.05) is 6.61 Å². The van der Waals surface area contributed by atoms with Crippen LogP contribution in [0.15, 0.2) is 36.1 Å². The Labute approximate surface area is 162 Å². The van der Waals surface area contributed by atoms with Crippen molar-refractivity contribution in [3.05, 3.63) is 47.2 Å².